The van der Waals surface area contributed by atoms with Gasteiger partial charge in [0.15, 0.2) is 10.6 Å². The molecule has 3 rings (SSSR count). The van der Waals surface area contributed by atoms with Crippen molar-refractivity contribution in [2.45, 2.75) is 19.9 Å². The maximum atomic E-state index is 5.35. The van der Waals surface area contributed by atoms with E-state index in [2.05, 4.69) is 33.2 Å². The standard InChI is InChI=1S/C15H15N5S/c1-2-11-5-4-8-17-13(11)10-20-14(18-19-15(20)21)12-6-3-7-16-9-12/h3-9H,2,10H2,1H3,(H,19,21). The van der Waals surface area contributed by atoms with Crippen LogP contribution in [0.15, 0.2) is 42.9 Å². The number of aromatic amines is 1. The van der Waals surface area contributed by atoms with Crippen molar-refractivity contribution in [3.63, 3.8) is 0 Å². The fourth-order valence-corrected chi connectivity index (χ4v) is 2.46. The van der Waals surface area contributed by atoms with Crippen molar-refractivity contribution in [2.24, 2.45) is 0 Å². The van der Waals surface area contributed by atoms with E-state index >= 15 is 0 Å². The van der Waals surface area contributed by atoms with Crippen molar-refractivity contribution in [2.75, 3.05) is 0 Å². The summed E-state index contributed by atoms with van der Waals surface area (Å²) in [4.78, 5) is 8.61. The molecule has 0 aromatic carbocycles. The molecule has 0 atom stereocenters. The van der Waals surface area contributed by atoms with Gasteiger partial charge in [-0.2, -0.15) is 5.10 Å². The molecule has 0 spiro atoms. The molecule has 0 aliphatic rings. The fourth-order valence-electron chi connectivity index (χ4n) is 2.27. The molecule has 0 radical (unpaired) electrons. The van der Waals surface area contributed by atoms with Gasteiger partial charge in [0.1, 0.15) is 0 Å². The van der Waals surface area contributed by atoms with E-state index in [-0.39, 0.29) is 0 Å². The second-order valence-electron chi connectivity index (χ2n) is 4.64. The molecular formula is C15H15N5S. The highest BCUT2D eigenvalue weighted by Gasteiger charge is 2.11. The average molecular weight is 297 g/mol. The minimum absolute atomic E-state index is 0.585. The van der Waals surface area contributed by atoms with Gasteiger partial charge in [0.25, 0.3) is 0 Å². The van der Waals surface area contributed by atoms with E-state index in [9.17, 15) is 0 Å². The third kappa shape index (κ3) is 2.75. The third-order valence-electron chi connectivity index (χ3n) is 3.35. The molecule has 0 aliphatic carbocycles. The Morgan fingerprint density at radius 1 is 1.24 bits per heavy atom. The highest BCUT2D eigenvalue weighted by Crippen LogP contribution is 2.18. The molecule has 0 amide bonds. The van der Waals surface area contributed by atoms with Crippen molar-refractivity contribution in [1.82, 2.24) is 24.7 Å². The lowest BCUT2D eigenvalue weighted by molar-refractivity contribution is 0.755. The number of hydrogen-bond donors (Lipinski definition) is 1. The largest absolute Gasteiger partial charge is 0.294 e. The summed E-state index contributed by atoms with van der Waals surface area (Å²) in [5, 5.41) is 7.17. The molecule has 106 valence electrons. The van der Waals surface area contributed by atoms with Gasteiger partial charge in [-0.25, -0.2) is 0 Å². The van der Waals surface area contributed by atoms with Crippen LogP contribution in [0.3, 0.4) is 0 Å². The van der Waals surface area contributed by atoms with Crippen LogP contribution in [-0.2, 0) is 13.0 Å². The first kappa shape index (κ1) is 13.6. The van der Waals surface area contributed by atoms with Crippen LogP contribution in [0.25, 0.3) is 11.4 Å². The molecule has 1 N–H and O–H groups in total. The van der Waals surface area contributed by atoms with Gasteiger partial charge in [-0.05, 0) is 42.4 Å². The second-order valence-corrected chi connectivity index (χ2v) is 5.03. The Labute approximate surface area is 127 Å². The number of rotatable bonds is 4. The molecule has 3 aromatic rings. The van der Waals surface area contributed by atoms with Crippen LogP contribution in [-0.4, -0.2) is 24.7 Å². The summed E-state index contributed by atoms with van der Waals surface area (Å²) >= 11 is 5.35. The molecule has 6 heteroatoms. The van der Waals surface area contributed by atoms with Gasteiger partial charge in [0, 0.05) is 24.2 Å². The Hall–Kier alpha value is -2.34. The Kier molecular flexibility index (Phi) is 3.87. The lowest BCUT2D eigenvalue weighted by Gasteiger charge is -2.09. The van der Waals surface area contributed by atoms with E-state index in [1.807, 2.05) is 29.0 Å². The molecule has 0 aliphatic heterocycles. The van der Waals surface area contributed by atoms with E-state index in [4.69, 9.17) is 12.2 Å². The molecule has 3 heterocycles. The van der Waals surface area contributed by atoms with Gasteiger partial charge in [-0.3, -0.25) is 19.6 Å². The molecule has 0 bridgehead atoms. The number of aromatic nitrogens is 5. The van der Waals surface area contributed by atoms with Crippen molar-refractivity contribution in [3.8, 4) is 11.4 Å². The van der Waals surface area contributed by atoms with Gasteiger partial charge in [-0.15, -0.1) is 0 Å². The number of nitrogens with one attached hydrogen (secondary N) is 1. The van der Waals surface area contributed by atoms with Gasteiger partial charge in [0.2, 0.25) is 0 Å². The molecule has 0 unspecified atom stereocenters. The molecular weight excluding hydrogens is 282 g/mol. The van der Waals surface area contributed by atoms with E-state index in [1.165, 1.54) is 5.56 Å². The van der Waals surface area contributed by atoms with E-state index in [1.54, 1.807) is 12.4 Å². The lowest BCUT2D eigenvalue weighted by Crippen LogP contribution is -2.07. The number of aryl methyl sites for hydroxylation is 1. The van der Waals surface area contributed by atoms with Crippen LogP contribution in [0.1, 0.15) is 18.2 Å². The summed E-state index contributed by atoms with van der Waals surface area (Å²) in [5.41, 5.74) is 3.17. The fraction of sp³-hybridized carbons (Fsp3) is 0.200. The van der Waals surface area contributed by atoms with Gasteiger partial charge in [0.05, 0.1) is 12.2 Å². The average Bonchev–Trinajstić information content (AvgIpc) is 2.90. The van der Waals surface area contributed by atoms with Gasteiger partial charge in [-0.1, -0.05) is 13.0 Å². The maximum Gasteiger partial charge on any atom is 0.195 e. The summed E-state index contributed by atoms with van der Waals surface area (Å²) < 4.78 is 2.54. The highest BCUT2D eigenvalue weighted by molar-refractivity contribution is 7.71. The normalized spacial score (nSPS) is 10.7. The third-order valence-corrected chi connectivity index (χ3v) is 3.66. The first-order valence-electron chi connectivity index (χ1n) is 6.78. The summed E-state index contributed by atoms with van der Waals surface area (Å²) in [6.45, 7) is 2.72. The monoisotopic (exact) mass is 297 g/mol. The molecule has 0 saturated carbocycles. The zero-order valence-corrected chi connectivity index (χ0v) is 12.5. The van der Waals surface area contributed by atoms with E-state index in [0.717, 1.165) is 23.5 Å². The van der Waals surface area contributed by atoms with Crippen LogP contribution < -0.4 is 0 Å². The highest BCUT2D eigenvalue weighted by atomic mass is 32.1. The van der Waals surface area contributed by atoms with Gasteiger partial charge >= 0.3 is 0 Å². The zero-order chi connectivity index (χ0) is 14.7. The van der Waals surface area contributed by atoms with Crippen LogP contribution >= 0.6 is 12.2 Å². The number of H-pyrrole nitrogens is 1. The maximum absolute atomic E-state index is 5.35. The number of nitrogens with zero attached hydrogens (tertiary/aromatic N) is 4. The van der Waals surface area contributed by atoms with Crippen molar-refractivity contribution in [3.05, 3.63) is 58.9 Å². The van der Waals surface area contributed by atoms with E-state index in [0.29, 0.717) is 11.3 Å². The van der Waals surface area contributed by atoms with Crippen LogP contribution in [0, 0.1) is 4.77 Å². The van der Waals surface area contributed by atoms with Crippen molar-refractivity contribution < 1.29 is 0 Å². The second kappa shape index (κ2) is 5.97. The van der Waals surface area contributed by atoms with Crippen molar-refractivity contribution in [1.29, 1.82) is 0 Å². The number of hydrogen-bond acceptors (Lipinski definition) is 4. The zero-order valence-electron chi connectivity index (χ0n) is 11.7. The predicted molar refractivity (Wildman–Crippen MR) is 83.4 cm³/mol. The molecule has 0 fully saturated rings. The minimum Gasteiger partial charge on any atom is -0.294 e. The summed E-state index contributed by atoms with van der Waals surface area (Å²) in [5.74, 6) is 0.779. The van der Waals surface area contributed by atoms with Crippen LogP contribution in [0.5, 0.6) is 0 Å². The first-order chi connectivity index (χ1) is 10.3. The quantitative estimate of drug-likeness (QED) is 0.752. The van der Waals surface area contributed by atoms with E-state index < -0.39 is 0 Å². The molecule has 5 nitrogen and oxygen atoms in total. The topological polar surface area (TPSA) is 59.4 Å². The smallest absolute Gasteiger partial charge is 0.195 e. The summed E-state index contributed by atoms with van der Waals surface area (Å²) in [6, 6.07) is 7.90. The Morgan fingerprint density at radius 2 is 2.10 bits per heavy atom. The lowest BCUT2D eigenvalue weighted by atomic mass is 10.1. The number of pyridine rings is 2. The van der Waals surface area contributed by atoms with Crippen molar-refractivity contribution >= 4 is 12.2 Å². The predicted octanol–water partition coefficient (Wildman–Crippen LogP) is 3.01. The Balaban J connectivity index is 2.04. The SMILES string of the molecule is CCc1cccnc1Cn1c(-c2cccnc2)n[nH]c1=S. The van der Waals surface area contributed by atoms with Gasteiger partial charge < -0.3 is 0 Å². The van der Waals surface area contributed by atoms with Crippen LogP contribution in [0.4, 0.5) is 0 Å². The molecule has 3 aromatic heterocycles. The minimum atomic E-state index is 0.585. The molecule has 0 saturated heterocycles. The van der Waals surface area contributed by atoms with Crippen LogP contribution in [0.2, 0.25) is 0 Å². The summed E-state index contributed by atoms with van der Waals surface area (Å²) in [7, 11) is 0. The molecule has 21 heavy (non-hydrogen) atoms. The Morgan fingerprint density at radius 3 is 2.86 bits per heavy atom. The summed E-state index contributed by atoms with van der Waals surface area (Å²) in [6.07, 6.45) is 6.27. The first-order valence-corrected chi connectivity index (χ1v) is 7.18. The Bertz CT molecular complexity index is 791.